The molecule has 0 saturated heterocycles. The normalized spacial score (nSPS) is 7.82. The van der Waals surface area contributed by atoms with E-state index in [1.807, 2.05) is 13.8 Å². The lowest BCUT2D eigenvalue weighted by molar-refractivity contribution is 0.818. The fourth-order valence-electron chi connectivity index (χ4n) is 0.465. The van der Waals surface area contributed by atoms with E-state index in [0.29, 0.717) is 5.82 Å². The van der Waals surface area contributed by atoms with Crippen molar-refractivity contribution in [1.82, 2.24) is 20.2 Å². The minimum absolute atomic E-state index is 0.602. The first-order chi connectivity index (χ1) is 5.38. The first-order valence-corrected chi connectivity index (χ1v) is 3.41. The van der Waals surface area contributed by atoms with Gasteiger partial charge in [0.05, 0.1) is 0 Å². The number of aromatic nitrogens is 4. The standard InChI is InChI=1S/C5H6N4.C2H6/c1-3-5-6-7-8-9(5)4-2;1-2/h3-4H,1-2H2;1-2H3. The summed E-state index contributed by atoms with van der Waals surface area (Å²) in [5, 5.41) is 10.6. The van der Waals surface area contributed by atoms with Crippen LogP contribution in [0.1, 0.15) is 19.7 Å². The van der Waals surface area contributed by atoms with Crippen LogP contribution in [0.3, 0.4) is 0 Å². The molecule has 1 heterocycles. The number of nitrogens with zero attached hydrogens (tertiary/aromatic N) is 4. The van der Waals surface area contributed by atoms with Crippen LogP contribution in [0.25, 0.3) is 12.3 Å². The van der Waals surface area contributed by atoms with E-state index in [4.69, 9.17) is 0 Å². The number of rotatable bonds is 2. The average molecular weight is 152 g/mol. The molecule has 0 aliphatic rings. The van der Waals surface area contributed by atoms with Crippen molar-refractivity contribution < 1.29 is 0 Å². The second kappa shape index (κ2) is 5.34. The lowest BCUT2D eigenvalue weighted by Crippen LogP contribution is -1.90. The SMILES string of the molecule is C=Cc1nnnn1C=C.CC. The first-order valence-electron chi connectivity index (χ1n) is 3.41. The third kappa shape index (κ3) is 2.33. The van der Waals surface area contributed by atoms with Crippen molar-refractivity contribution in [2.45, 2.75) is 13.8 Å². The van der Waals surface area contributed by atoms with Gasteiger partial charge in [-0.05, 0) is 16.5 Å². The van der Waals surface area contributed by atoms with Crippen LogP contribution in [0.15, 0.2) is 13.2 Å². The Morgan fingerprint density at radius 3 is 2.36 bits per heavy atom. The van der Waals surface area contributed by atoms with Crippen molar-refractivity contribution in [3.63, 3.8) is 0 Å². The summed E-state index contributed by atoms with van der Waals surface area (Å²) in [4.78, 5) is 0. The highest BCUT2D eigenvalue weighted by Gasteiger charge is 1.93. The van der Waals surface area contributed by atoms with Crippen molar-refractivity contribution in [3.05, 3.63) is 19.0 Å². The smallest absolute Gasteiger partial charge is 0.178 e. The summed E-state index contributed by atoms with van der Waals surface area (Å²) in [5.41, 5.74) is 0. The van der Waals surface area contributed by atoms with E-state index in [0.717, 1.165) is 0 Å². The summed E-state index contributed by atoms with van der Waals surface area (Å²) < 4.78 is 1.44. The molecule has 0 radical (unpaired) electrons. The lowest BCUT2D eigenvalue weighted by atomic mass is 10.6. The molecule has 0 bridgehead atoms. The Kier molecular flexibility index (Phi) is 4.64. The molecule has 0 aromatic carbocycles. The fraction of sp³-hybridized carbons (Fsp3) is 0.286. The first kappa shape index (κ1) is 9.55. The molecule has 4 heteroatoms. The van der Waals surface area contributed by atoms with Crippen LogP contribution in [0.2, 0.25) is 0 Å². The summed E-state index contributed by atoms with van der Waals surface area (Å²) in [5.74, 6) is 0.602. The summed E-state index contributed by atoms with van der Waals surface area (Å²) >= 11 is 0. The summed E-state index contributed by atoms with van der Waals surface area (Å²) in [6.07, 6.45) is 3.07. The Morgan fingerprint density at radius 2 is 2.00 bits per heavy atom. The maximum absolute atomic E-state index is 3.62. The van der Waals surface area contributed by atoms with Gasteiger partial charge in [-0.2, -0.15) is 0 Å². The molecule has 0 N–H and O–H groups in total. The van der Waals surface area contributed by atoms with Crippen molar-refractivity contribution in [3.8, 4) is 0 Å². The van der Waals surface area contributed by atoms with E-state index in [1.165, 1.54) is 10.9 Å². The van der Waals surface area contributed by atoms with Gasteiger partial charge in [-0.25, -0.2) is 4.68 Å². The van der Waals surface area contributed by atoms with Crippen molar-refractivity contribution in [2.75, 3.05) is 0 Å². The number of hydrogen-bond donors (Lipinski definition) is 0. The third-order valence-corrected chi connectivity index (χ3v) is 0.874. The molecule has 0 aliphatic carbocycles. The molecule has 11 heavy (non-hydrogen) atoms. The van der Waals surface area contributed by atoms with E-state index in [9.17, 15) is 0 Å². The Labute approximate surface area is 66.2 Å². The molecule has 0 saturated carbocycles. The summed E-state index contributed by atoms with van der Waals surface area (Å²) in [7, 11) is 0. The molecule has 1 rings (SSSR count). The zero-order valence-electron chi connectivity index (χ0n) is 6.86. The molecule has 0 amide bonds. The summed E-state index contributed by atoms with van der Waals surface area (Å²) in [6.45, 7) is 11.0. The van der Waals surface area contributed by atoms with Crippen LogP contribution < -0.4 is 0 Å². The van der Waals surface area contributed by atoms with Crippen molar-refractivity contribution in [1.29, 1.82) is 0 Å². The Hall–Kier alpha value is -1.45. The minimum Gasteiger partial charge on any atom is -0.201 e. The van der Waals surface area contributed by atoms with Gasteiger partial charge in [0, 0.05) is 6.20 Å². The fourth-order valence-corrected chi connectivity index (χ4v) is 0.465. The predicted molar refractivity (Wildman–Crippen MR) is 45.6 cm³/mol. The molecule has 4 nitrogen and oxygen atoms in total. The van der Waals surface area contributed by atoms with Crippen LogP contribution in [0, 0.1) is 0 Å². The molecule has 60 valence electrons. The molecule has 0 atom stereocenters. The predicted octanol–water partition coefficient (Wildman–Crippen LogP) is 1.44. The van der Waals surface area contributed by atoms with E-state index >= 15 is 0 Å². The molecule has 0 aliphatic heterocycles. The van der Waals surface area contributed by atoms with Crippen LogP contribution in [-0.4, -0.2) is 20.2 Å². The zero-order chi connectivity index (χ0) is 8.69. The second-order valence-electron chi connectivity index (χ2n) is 1.37. The highest BCUT2D eigenvalue weighted by molar-refractivity contribution is 5.38. The maximum Gasteiger partial charge on any atom is 0.178 e. The van der Waals surface area contributed by atoms with E-state index in [-0.39, 0.29) is 0 Å². The van der Waals surface area contributed by atoms with Gasteiger partial charge < -0.3 is 0 Å². The van der Waals surface area contributed by atoms with Gasteiger partial charge in [-0.1, -0.05) is 27.0 Å². The number of tetrazole rings is 1. The quantitative estimate of drug-likeness (QED) is 0.644. The number of hydrogen-bond acceptors (Lipinski definition) is 3. The monoisotopic (exact) mass is 152 g/mol. The van der Waals surface area contributed by atoms with Crippen LogP contribution in [0.5, 0.6) is 0 Å². The zero-order valence-corrected chi connectivity index (χ0v) is 6.86. The van der Waals surface area contributed by atoms with Gasteiger partial charge in [0.25, 0.3) is 0 Å². The van der Waals surface area contributed by atoms with Gasteiger partial charge in [0.1, 0.15) is 0 Å². The maximum atomic E-state index is 3.62. The molecule has 0 fully saturated rings. The highest BCUT2D eigenvalue weighted by Crippen LogP contribution is 1.91. The molecule has 1 aromatic rings. The van der Waals surface area contributed by atoms with Crippen LogP contribution in [-0.2, 0) is 0 Å². The van der Waals surface area contributed by atoms with Crippen molar-refractivity contribution >= 4 is 12.3 Å². The third-order valence-electron chi connectivity index (χ3n) is 0.874. The molecule has 0 spiro atoms. The van der Waals surface area contributed by atoms with Crippen LogP contribution in [0.4, 0.5) is 0 Å². The van der Waals surface area contributed by atoms with Gasteiger partial charge in [0.15, 0.2) is 5.82 Å². The van der Waals surface area contributed by atoms with Crippen molar-refractivity contribution in [2.24, 2.45) is 0 Å². The molecular weight excluding hydrogens is 140 g/mol. The summed E-state index contributed by atoms with van der Waals surface area (Å²) in [6, 6.07) is 0. The molecule has 0 unspecified atom stereocenters. The minimum atomic E-state index is 0.602. The Morgan fingerprint density at radius 1 is 1.36 bits per heavy atom. The lowest BCUT2D eigenvalue weighted by Gasteiger charge is -1.86. The molecular formula is C7H12N4. The van der Waals surface area contributed by atoms with E-state index < -0.39 is 0 Å². The Balaban J connectivity index is 0.000000461. The average Bonchev–Trinajstić information content (AvgIpc) is 2.54. The van der Waals surface area contributed by atoms with Gasteiger partial charge in [0.2, 0.25) is 0 Å². The van der Waals surface area contributed by atoms with Gasteiger partial charge >= 0.3 is 0 Å². The highest BCUT2D eigenvalue weighted by atomic mass is 15.5. The van der Waals surface area contributed by atoms with Crippen LogP contribution >= 0.6 is 0 Å². The van der Waals surface area contributed by atoms with E-state index in [1.54, 1.807) is 6.08 Å². The Bertz CT molecular complexity index is 204. The molecule has 1 aromatic heterocycles. The van der Waals surface area contributed by atoms with Gasteiger partial charge in [-0.15, -0.1) is 5.10 Å². The second-order valence-corrected chi connectivity index (χ2v) is 1.37. The largest absolute Gasteiger partial charge is 0.201 e. The topological polar surface area (TPSA) is 43.6 Å². The van der Waals surface area contributed by atoms with Gasteiger partial charge in [-0.3, -0.25) is 0 Å². The van der Waals surface area contributed by atoms with E-state index in [2.05, 4.69) is 28.7 Å².